The van der Waals surface area contributed by atoms with Gasteiger partial charge in [-0.2, -0.15) is 0 Å². The lowest BCUT2D eigenvalue weighted by Gasteiger charge is -1.95. The van der Waals surface area contributed by atoms with Crippen LogP contribution in [0.4, 0.5) is 0 Å². The van der Waals surface area contributed by atoms with Gasteiger partial charge < -0.3 is 5.11 Å². The first-order valence-electron chi connectivity index (χ1n) is 4.03. The molecule has 2 aromatic heterocycles. The quantitative estimate of drug-likeness (QED) is 0.921. The number of rotatable bonds is 2. The molecule has 0 aliphatic heterocycles. The van der Waals surface area contributed by atoms with Crippen molar-refractivity contribution in [2.45, 2.75) is 6.92 Å². The number of carboxylic acid groups (broad SMARTS) is 1. The van der Waals surface area contributed by atoms with Crippen molar-refractivity contribution in [2.24, 2.45) is 0 Å². The van der Waals surface area contributed by atoms with Crippen LogP contribution < -0.4 is 0 Å². The lowest BCUT2D eigenvalue weighted by Crippen LogP contribution is -1.98. The van der Waals surface area contributed by atoms with E-state index in [0.29, 0.717) is 3.92 Å². The van der Waals surface area contributed by atoms with Gasteiger partial charge in [-0.3, -0.25) is 0 Å². The lowest BCUT2D eigenvalue weighted by molar-refractivity contribution is 0.0692. The Balaban J connectivity index is 2.62. The van der Waals surface area contributed by atoms with Gasteiger partial charge in [-0.05, 0) is 39.9 Å². The molecule has 78 valence electrons. The highest BCUT2D eigenvalue weighted by atomic mass is 79.9. The van der Waals surface area contributed by atoms with Crippen LogP contribution in [0.25, 0.3) is 9.75 Å². The van der Waals surface area contributed by atoms with Crippen LogP contribution in [0.5, 0.6) is 0 Å². The van der Waals surface area contributed by atoms with Gasteiger partial charge in [-0.1, -0.05) is 0 Å². The Labute approximate surface area is 103 Å². The SMILES string of the molecule is Cc1ccsc1-c1sc(Br)nc1C(=O)O. The minimum Gasteiger partial charge on any atom is -0.476 e. The van der Waals surface area contributed by atoms with Crippen molar-refractivity contribution in [3.63, 3.8) is 0 Å². The van der Waals surface area contributed by atoms with Gasteiger partial charge in [0.2, 0.25) is 0 Å². The molecule has 0 saturated carbocycles. The molecule has 0 radical (unpaired) electrons. The fourth-order valence-corrected chi connectivity index (χ4v) is 3.79. The average molecular weight is 304 g/mol. The van der Waals surface area contributed by atoms with E-state index in [4.69, 9.17) is 5.11 Å². The molecule has 0 aliphatic carbocycles. The van der Waals surface area contributed by atoms with E-state index in [1.54, 1.807) is 0 Å². The highest BCUT2D eigenvalue weighted by molar-refractivity contribution is 9.11. The van der Waals surface area contributed by atoms with Gasteiger partial charge in [0.25, 0.3) is 0 Å². The van der Waals surface area contributed by atoms with Crippen LogP contribution in [0.3, 0.4) is 0 Å². The van der Waals surface area contributed by atoms with Crippen LogP contribution in [0.1, 0.15) is 16.1 Å². The monoisotopic (exact) mass is 303 g/mol. The molecule has 0 aromatic carbocycles. The zero-order valence-electron chi connectivity index (χ0n) is 7.65. The van der Waals surface area contributed by atoms with Crippen molar-refractivity contribution >= 4 is 44.6 Å². The number of nitrogens with zero attached hydrogens (tertiary/aromatic N) is 1. The van der Waals surface area contributed by atoms with Gasteiger partial charge in [0, 0.05) is 4.88 Å². The third-order valence-electron chi connectivity index (χ3n) is 1.87. The van der Waals surface area contributed by atoms with E-state index >= 15 is 0 Å². The molecule has 0 atom stereocenters. The Morgan fingerprint density at radius 3 is 2.80 bits per heavy atom. The van der Waals surface area contributed by atoms with Gasteiger partial charge >= 0.3 is 5.97 Å². The summed E-state index contributed by atoms with van der Waals surface area (Å²) in [6.07, 6.45) is 0. The lowest BCUT2D eigenvalue weighted by atomic mass is 10.2. The molecule has 2 rings (SSSR count). The predicted octanol–water partition coefficient (Wildman–Crippen LogP) is 3.64. The van der Waals surface area contributed by atoms with Crippen molar-refractivity contribution in [1.29, 1.82) is 0 Å². The van der Waals surface area contributed by atoms with Crippen LogP contribution >= 0.6 is 38.6 Å². The summed E-state index contributed by atoms with van der Waals surface area (Å²) in [5, 5.41) is 10.9. The smallest absolute Gasteiger partial charge is 0.356 e. The number of halogens is 1. The highest BCUT2D eigenvalue weighted by Crippen LogP contribution is 2.37. The molecule has 0 bridgehead atoms. The fraction of sp³-hybridized carbons (Fsp3) is 0.111. The number of thiazole rings is 1. The summed E-state index contributed by atoms with van der Waals surface area (Å²) < 4.78 is 0.600. The number of aryl methyl sites for hydroxylation is 1. The highest BCUT2D eigenvalue weighted by Gasteiger charge is 2.19. The Hall–Kier alpha value is -0.720. The van der Waals surface area contributed by atoms with Crippen molar-refractivity contribution < 1.29 is 9.90 Å². The first-order chi connectivity index (χ1) is 7.09. The molecule has 0 saturated heterocycles. The van der Waals surface area contributed by atoms with Gasteiger partial charge in [-0.15, -0.1) is 22.7 Å². The third-order valence-corrected chi connectivity index (χ3v) is 4.56. The second-order valence-electron chi connectivity index (χ2n) is 2.88. The minimum absolute atomic E-state index is 0.123. The second-order valence-corrected chi connectivity index (χ2v) is 6.07. The van der Waals surface area contributed by atoms with E-state index in [0.717, 1.165) is 15.3 Å². The molecule has 0 amide bonds. The Morgan fingerprint density at radius 1 is 1.53 bits per heavy atom. The number of aromatic nitrogens is 1. The number of carbonyl (C=O) groups is 1. The van der Waals surface area contributed by atoms with Gasteiger partial charge in [0.1, 0.15) is 0 Å². The van der Waals surface area contributed by atoms with E-state index in [9.17, 15) is 4.79 Å². The van der Waals surface area contributed by atoms with E-state index < -0.39 is 5.97 Å². The first kappa shape index (κ1) is 10.8. The second kappa shape index (κ2) is 4.03. The molecular weight excluding hydrogens is 298 g/mol. The van der Waals surface area contributed by atoms with Crippen molar-refractivity contribution in [2.75, 3.05) is 0 Å². The van der Waals surface area contributed by atoms with Gasteiger partial charge in [0.05, 0.1) is 4.88 Å². The summed E-state index contributed by atoms with van der Waals surface area (Å²) >= 11 is 6.09. The first-order valence-corrected chi connectivity index (χ1v) is 6.52. The van der Waals surface area contributed by atoms with Crippen molar-refractivity contribution in [3.05, 3.63) is 26.6 Å². The molecule has 3 nitrogen and oxygen atoms in total. The molecule has 0 spiro atoms. The zero-order chi connectivity index (χ0) is 11.0. The maximum atomic E-state index is 11.0. The fourth-order valence-electron chi connectivity index (χ4n) is 1.20. The molecule has 0 unspecified atom stereocenters. The van der Waals surface area contributed by atoms with Crippen LogP contribution in [-0.4, -0.2) is 16.1 Å². The molecule has 2 aromatic rings. The Bertz CT molecular complexity index is 518. The topological polar surface area (TPSA) is 50.2 Å². The maximum absolute atomic E-state index is 11.0. The average Bonchev–Trinajstić information content (AvgIpc) is 2.71. The van der Waals surface area contributed by atoms with E-state index in [1.165, 1.54) is 22.7 Å². The summed E-state index contributed by atoms with van der Waals surface area (Å²) in [5.41, 5.74) is 1.20. The summed E-state index contributed by atoms with van der Waals surface area (Å²) in [6, 6.07) is 1.97. The molecule has 6 heteroatoms. The normalized spacial score (nSPS) is 10.5. The molecule has 0 aliphatic rings. The van der Waals surface area contributed by atoms with Gasteiger partial charge in [-0.25, -0.2) is 9.78 Å². The molecular formula is C9H6BrNO2S2. The van der Waals surface area contributed by atoms with E-state index in [2.05, 4.69) is 20.9 Å². The number of thiophene rings is 1. The number of aromatic carboxylic acids is 1. The zero-order valence-corrected chi connectivity index (χ0v) is 10.9. The van der Waals surface area contributed by atoms with E-state index in [1.807, 2.05) is 18.4 Å². The minimum atomic E-state index is -0.986. The predicted molar refractivity (Wildman–Crippen MR) is 64.8 cm³/mol. The molecule has 1 N–H and O–H groups in total. The van der Waals surface area contributed by atoms with Crippen LogP contribution in [-0.2, 0) is 0 Å². The van der Waals surface area contributed by atoms with Crippen LogP contribution in [0, 0.1) is 6.92 Å². The number of hydrogen-bond acceptors (Lipinski definition) is 4. The van der Waals surface area contributed by atoms with Crippen molar-refractivity contribution in [1.82, 2.24) is 4.98 Å². The van der Waals surface area contributed by atoms with Crippen LogP contribution in [0.2, 0.25) is 0 Å². The van der Waals surface area contributed by atoms with Crippen LogP contribution in [0.15, 0.2) is 15.4 Å². The van der Waals surface area contributed by atoms with Crippen molar-refractivity contribution in [3.8, 4) is 9.75 Å². The van der Waals surface area contributed by atoms with Gasteiger partial charge in [0.15, 0.2) is 9.61 Å². The molecule has 2 heterocycles. The Morgan fingerprint density at radius 2 is 2.27 bits per heavy atom. The number of carboxylic acids is 1. The summed E-state index contributed by atoms with van der Waals surface area (Å²) in [4.78, 5) is 16.6. The summed E-state index contributed by atoms with van der Waals surface area (Å²) in [7, 11) is 0. The molecule has 15 heavy (non-hydrogen) atoms. The number of hydrogen-bond donors (Lipinski definition) is 1. The standard InChI is InChI=1S/C9H6BrNO2S2/c1-4-2-3-14-6(4)7-5(8(12)13)11-9(10)15-7/h2-3H,1H3,(H,12,13). The Kier molecular flexibility index (Phi) is 2.90. The molecule has 0 fully saturated rings. The largest absolute Gasteiger partial charge is 0.476 e. The summed E-state index contributed by atoms with van der Waals surface area (Å²) in [6.45, 7) is 1.96. The maximum Gasteiger partial charge on any atom is 0.356 e. The summed E-state index contributed by atoms with van der Waals surface area (Å²) in [5.74, 6) is -0.986. The van der Waals surface area contributed by atoms with E-state index in [-0.39, 0.29) is 5.69 Å². The third kappa shape index (κ3) is 1.97.